The summed E-state index contributed by atoms with van der Waals surface area (Å²) in [5.41, 5.74) is 1.75. The van der Waals surface area contributed by atoms with Crippen LogP contribution in [0.4, 0.5) is 5.69 Å². The molecule has 0 unspecified atom stereocenters. The average molecular weight is 451 g/mol. The van der Waals surface area contributed by atoms with Crippen molar-refractivity contribution in [3.8, 4) is 11.5 Å². The predicted molar refractivity (Wildman–Crippen MR) is 134 cm³/mol. The first-order chi connectivity index (χ1) is 16.6. The van der Waals surface area contributed by atoms with E-state index in [9.17, 15) is 9.59 Å². The van der Waals surface area contributed by atoms with E-state index in [-0.39, 0.29) is 30.2 Å². The third kappa shape index (κ3) is 4.50. The number of nitrogens with one attached hydrogen (secondary N) is 1. The molecule has 0 aliphatic carbocycles. The molecule has 5 nitrogen and oxygen atoms in total. The molecule has 0 bridgehead atoms. The molecule has 0 radical (unpaired) electrons. The summed E-state index contributed by atoms with van der Waals surface area (Å²) in [6, 6.07) is 31.2. The Morgan fingerprint density at radius 3 is 2.41 bits per heavy atom. The number of carbonyl (C=O) groups excluding carboxylic acids is 2. The fraction of sp³-hybridized carbons (Fsp3) is 0.172. The van der Waals surface area contributed by atoms with Gasteiger partial charge in [0.05, 0.1) is 12.0 Å². The first kappa shape index (κ1) is 21.7. The molecular weight excluding hydrogens is 424 g/mol. The van der Waals surface area contributed by atoms with E-state index in [1.165, 1.54) is 0 Å². The molecule has 0 aromatic heterocycles. The van der Waals surface area contributed by atoms with Crippen LogP contribution >= 0.6 is 0 Å². The molecule has 0 spiro atoms. The van der Waals surface area contributed by atoms with Crippen LogP contribution in [0.25, 0.3) is 10.8 Å². The van der Waals surface area contributed by atoms with Crippen molar-refractivity contribution in [3.63, 3.8) is 0 Å². The number of anilines is 1. The molecule has 170 valence electrons. The van der Waals surface area contributed by atoms with E-state index in [1.807, 2.05) is 91.9 Å². The Kier molecular flexibility index (Phi) is 6.00. The SMILES string of the molecule is C[C@@H](c1ccccc1)N1C[C@H](C(=O)Nc2ccc(Oc3cccc4ccccc34)cc2)CC1=O. The third-order valence-electron chi connectivity index (χ3n) is 6.38. The van der Waals surface area contributed by atoms with Crippen molar-refractivity contribution >= 4 is 28.3 Å². The van der Waals surface area contributed by atoms with Gasteiger partial charge in [-0.05, 0) is 48.2 Å². The Balaban J connectivity index is 1.22. The van der Waals surface area contributed by atoms with Gasteiger partial charge in [0.15, 0.2) is 0 Å². The Labute approximate surface area is 199 Å². The first-order valence-electron chi connectivity index (χ1n) is 11.5. The number of rotatable bonds is 6. The lowest BCUT2D eigenvalue weighted by Crippen LogP contribution is -2.30. The zero-order chi connectivity index (χ0) is 23.5. The second kappa shape index (κ2) is 9.40. The molecule has 0 saturated carbocycles. The van der Waals surface area contributed by atoms with Crippen molar-refractivity contribution in [3.05, 3.63) is 103 Å². The van der Waals surface area contributed by atoms with Crippen LogP contribution in [0.1, 0.15) is 24.9 Å². The third-order valence-corrected chi connectivity index (χ3v) is 6.38. The quantitative estimate of drug-likeness (QED) is 0.382. The van der Waals surface area contributed by atoms with Gasteiger partial charge in [0.2, 0.25) is 11.8 Å². The predicted octanol–water partition coefficient (Wildman–Crippen LogP) is 6.18. The number of hydrogen-bond acceptors (Lipinski definition) is 3. The summed E-state index contributed by atoms with van der Waals surface area (Å²) in [5.74, 6) is 0.972. The monoisotopic (exact) mass is 450 g/mol. The molecule has 1 aliphatic rings. The molecule has 1 N–H and O–H groups in total. The highest BCUT2D eigenvalue weighted by molar-refractivity contribution is 5.97. The molecule has 4 aromatic carbocycles. The summed E-state index contributed by atoms with van der Waals surface area (Å²) < 4.78 is 6.08. The second-order valence-corrected chi connectivity index (χ2v) is 8.63. The number of carbonyl (C=O) groups is 2. The Morgan fingerprint density at radius 1 is 0.912 bits per heavy atom. The van der Waals surface area contributed by atoms with Gasteiger partial charge in [-0.2, -0.15) is 0 Å². The number of nitrogens with zero attached hydrogens (tertiary/aromatic N) is 1. The maximum absolute atomic E-state index is 12.9. The highest BCUT2D eigenvalue weighted by Crippen LogP contribution is 2.31. The molecule has 1 saturated heterocycles. The van der Waals surface area contributed by atoms with E-state index in [0.29, 0.717) is 18.0 Å². The van der Waals surface area contributed by atoms with Crippen molar-refractivity contribution < 1.29 is 14.3 Å². The first-order valence-corrected chi connectivity index (χ1v) is 11.5. The van der Waals surface area contributed by atoms with Gasteiger partial charge in [0.1, 0.15) is 11.5 Å². The van der Waals surface area contributed by atoms with Gasteiger partial charge in [-0.1, -0.05) is 66.7 Å². The van der Waals surface area contributed by atoms with E-state index in [1.54, 1.807) is 4.90 Å². The van der Waals surface area contributed by atoms with Gasteiger partial charge in [-0.15, -0.1) is 0 Å². The van der Waals surface area contributed by atoms with Crippen molar-refractivity contribution in [1.82, 2.24) is 4.90 Å². The molecule has 1 heterocycles. The molecule has 2 amide bonds. The fourth-order valence-corrected chi connectivity index (χ4v) is 4.46. The molecule has 34 heavy (non-hydrogen) atoms. The van der Waals surface area contributed by atoms with Crippen LogP contribution in [0.15, 0.2) is 97.1 Å². The van der Waals surface area contributed by atoms with E-state index >= 15 is 0 Å². The molecule has 4 aromatic rings. The van der Waals surface area contributed by atoms with Gasteiger partial charge in [-0.25, -0.2) is 0 Å². The van der Waals surface area contributed by atoms with Gasteiger partial charge in [-0.3, -0.25) is 9.59 Å². The highest BCUT2D eigenvalue weighted by atomic mass is 16.5. The summed E-state index contributed by atoms with van der Waals surface area (Å²) in [7, 11) is 0. The lowest BCUT2D eigenvalue weighted by Gasteiger charge is -2.25. The topological polar surface area (TPSA) is 58.6 Å². The zero-order valence-electron chi connectivity index (χ0n) is 19.0. The second-order valence-electron chi connectivity index (χ2n) is 8.63. The number of ether oxygens (including phenoxy) is 1. The van der Waals surface area contributed by atoms with Crippen molar-refractivity contribution in [1.29, 1.82) is 0 Å². The van der Waals surface area contributed by atoms with Crippen LogP contribution in [0, 0.1) is 5.92 Å². The molecule has 5 rings (SSSR count). The zero-order valence-corrected chi connectivity index (χ0v) is 19.0. The minimum Gasteiger partial charge on any atom is -0.457 e. The van der Waals surface area contributed by atoms with Gasteiger partial charge in [0.25, 0.3) is 0 Å². The Morgan fingerprint density at radius 2 is 1.62 bits per heavy atom. The van der Waals surface area contributed by atoms with Gasteiger partial charge >= 0.3 is 0 Å². The van der Waals surface area contributed by atoms with Crippen LogP contribution in [0.3, 0.4) is 0 Å². The summed E-state index contributed by atoms with van der Waals surface area (Å²) >= 11 is 0. The number of hydrogen-bond donors (Lipinski definition) is 1. The lowest BCUT2D eigenvalue weighted by atomic mass is 10.1. The maximum atomic E-state index is 12.9. The molecule has 2 atom stereocenters. The van der Waals surface area contributed by atoms with Gasteiger partial charge < -0.3 is 15.0 Å². The summed E-state index contributed by atoms with van der Waals surface area (Å²) in [5, 5.41) is 5.11. The molecule has 1 fully saturated rings. The minimum absolute atomic E-state index is 0.00957. The van der Waals surface area contributed by atoms with Crippen LogP contribution in [-0.2, 0) is 9.59 Å². The van der Waals surface area contributed by atoms with Crippen molar-refractivity contribution in [2.45, 2.75) is 19.4 Å². The standard InChI is InChI=1S/C29H26N2O3/c1-20(21-8-3-2-4-9-21)31-19-23(18-28(31)32)29(33)30-24-14-16-25(17-15-24)34-27-13-7-11-22-10-5-6-12-26(22)27/h2-17,20,23H,18-19H2,1H3,(H,30,33)/t20-,23+/m0/s1. The van der Waals surface area contributed by atoms with Crippen molar-refractivity contribution in [2.75, 3.05) is 11.9 Å². The van der Waals surface area contributed by atoms with Crippen molar-refractivity contribution in [2.24, 2.45) is 5.92 Å². The molecule has 5 heteroatoms. The van der Waals surface area contributed by atoms with Crippen LogP contribution in [0.2, 0.25) is 0 Å². The molecule has 1 aliphatic heterocycles. The average Bonchev–Trinajstić information content (AvgIpc) is 3.27. The van der Waals surface area contributed by atoms with Crippen LogP contribution < -0.4 is 10.1 Å². The summed E-state index contributed by atoms with van der Waals surface area (Å²) in [4.78, 5) is 27.3. The minimum atomic E-state index is -0.370. The fourth-order valence-electron chi connectivity index (χ4n) is 4.46. The number of fused-ring (bicyclic) bond motifs is 1. The van der Waals surface area contributed by atoms with Crippen LogP contribution in [-0.4, -0.2) is 23.3 Å². The van der Waals surface area contributed by atoms with E-state index in [4.69, 9.17) is 4.74 Å². The number of benzene rings is 4. The van der Waals surface area contributed by atoms with E-state index in [0.717, 1.165) is 22.1 Å². The smallest absolute Gasteiger partial charge is 0.229 e. The van der Waals surface area contributed by atoms with E-state index < -0.39 is 0 Å². The van der Waals surface area contributed by atoms with E-state index in [2.05, 4.69) is 17.4 Å². The Hall–Kier alpha value is -4.12. The number of likely N-dealkylation sites (tertiary alicyclic amines) is 1. The van der Waals surface area contributed by atoms with Gasteiger partial charge in [0, 0.05) is 24.0 Å². The normalized spacial score (nSPS) is 16.4. The molecular formula is C29H26N2O3. The summed E-state index contributed by atoms with van der Waals surface area (Å²) in [6.45, 7) is 2.42. The Bertz CT molecular complexity index is 1310. The maximum Gasteiger partial charge on any atom is 0.229 e. The highest BCUT2D eigenvalue weighted by Gasteiger charge is 2.37. The largest absolute Gasteiger partial charge is 0.457 e. The number of amides is 2. The lowest BCUT2D eigenvalue weighted by molar-refractivity contribution is -0.129. The van der Waals surface area contributed by atoms with Crippen LogP contribution in [0.5, 0.6) is 11.5 Å². The summed E-state index contributed by atoms with van der Waals surface area (Å²) in [6.07, 6.45) is 0.227.